The summed E-state index contributed by atoms with van der Waals surface area (Å²) in [5.41, 5.74) is 0.567. The number of ether oxygens (including phenoxy) is 1. The summed E-state index contributed by atoms with van der Waals surface area (Å²) in [6, 6.07) is 0.501. The Labute approximate surface area is 114 Å². The van der Waals surface area contributed by atoms with E-state index in [-0.39, 0.29) is 5.60 Å². The van der Waals surface area contributed by atoms with Gasteiger partial charge in [0.25, 0.3) is 0 Å². The molecule has 0 spiro atoms. The number of likely N-dealkylation sites (N-methyl/N-ethyl adjacent to an activating group) is 1. The van der Waals surface area contributed by atoms with Crippen molar-refractivity contribution >= 4 is 0 Å². The maximum atomic E-state index is 5.99. The lowest BCUT2D eigenvalue weighted by molar-refractivity contribution is -0.0872. The Morgan fingerprint density at radius 3 is 2.00 bits per heavy atom. The van der Waals surface area contributed by atoms with Crippen LogP contribution in [0.25, 0.3) is 0 Å². The van der Waals surface area contributed by atoms with Crippen LogP contribution in [-0.2, 0) is 4.74 Å². The Morgan fingerprint density at radius 1 is 1.06 bits per heavy atom. The van der Waals surface area contributed by atoms with Gasteiger partial charge in [-0.1, -0.05) is 27.7 Å². The van der Waals surface area contributed by atoms with Crippen molar-refractivity contribution in [1.29, 1.82) is 0 Å². The molecule has 1 aliphatic carbocycles. The zero-order chi connectivity index (χ0) is 13.8. The van der Waals surface area contributed by atoms with Crippen LogP contribution in [0.3, 0.4) is 0 Å². The molecule has 1 unspecified atom stereocenters. The third-order valence-corrected chi connectivity index (χ3v) is 4.87. The van der Waals surface area contributed by atoms with Crippen molar-refractivity contribution in [1.82, 2.24) is 5.32 Å². The van der Waals surface area contributed by atoms with Crippen LogP contribution in [-0.4, -0.2) is 25.8 Å². The summed E-state index contributed by atoms with van der Waals surface area (Å²) in [6.45, 7) is 9.37. The highest BCUT2D eigenvalue weighted by Crippen LogP contribution is 2.44. The van der Waals surface area contributed by atoms with Gasteiger partial charge in [0.15, 0.2) is 0 Å². The third kappa shape index (κ3) is 3.96. The molecule has 1 fully saturated rings. The Hall–Kier alpha value is -0.0800. The van der Waals surface area contributed by atoms with Gasteiger partial charge in [0.1, 0.15) is 0 Å². The van der Waals surface area contributed by atoms with Crippen LogP contribution in [0.15, 0.2) is 0 Å². The molecular weight excluding hydrogens is 222 g/mol. The average molecular weight is 255 g/mol. The first-order valence-electron chi connectivity index (χ1n) is 7.58. The molecule has 0 radical (unpaired) electrons. The quantitative estimate of drug-likeness (QED) is 0.774. The summed E-state index contributed by atoms with van der Waals surface area (Å²) >= 11 is 0. The lowest BCUT2D eigenvalue weighted by Gasteiger charge is -2.47. The molecule has 1 atom stereocenters. The summed E-state index contributed by atoms with van der Waals surface area (Å²) in [7, 11) is 3.99. The topological polar surface area (TPSA) is 21.3 Å². The van der Waals surface area contributed by atoms with E-state index in [2.05, 4.69) is 40.1 Å². The Bertz CT molecular complexity index is 237. The summed E-state index contributed by atoms with van der Waals surface area (Å²) in [6.07, 6.45) is 7.45. The van der Waals surface area contributed by atoms with Gasteiger partial charge in [0, 0.05) is 13.2 Å². The molecular formula is C16H33NO. The molecule has 0 amide bonds. The fourth-order valence-corrected chi connectivity index (χ4v) is 3.22. The summed E-state index contributed by atoms with van der Waals surface area (Å²) in [4.78, 5) is 0. The van der Waals surface area contributed by atoms with Crippen molar-refractivity contribution in [2.24, 2.45) is 11.3 Å². The first-order chi connectivity index (χ1) is 8.35. The minimum Gasteiger partial charge on any atom is -0.377 e. The van der Waals surface area contributed by atoms with Crippen molar-refractivity contribution in [2.75, 3.05) is 14.2 Å². The van der Waals surface area contributed by atoms with Gasteiger partial charge in [-0.2, -0.15) is 0 Å². The molecule has 1 aliphatic rings. The molecule has 0 aromatic rings. The minimum absolute atomic E-state index is 0.0686. The Balaban J connectivity index is 2.67. The highest BCUT2D eigenvalue weighted by Gasteiger charge is 2.43. The Morgan fingerprint density at radius 2 is 1.61 bits per heavy atom. The Kier molecular flexibility index (Phi) is 5.67. The van der Waals surface area contributed by atoms with Crippen molar-refractivity contribution in [3.8, 4) is 0 Å². The molecule has 1 N–H and O–H groups in total. The smallest absolute Gasteiger partial charge is 0.0831 e. The van der Waals surface area contributed by atoms with Gasteiger partial charge in [-0.3, -0.25) is 0 Å². The van der Waals surface area contributed by atoms with Gasteiger partial charge in [0.05, 0.1) is 5.60 Å². The van der Waals surface area contributed by atoms with Gasteiger partial charge in [-0.15, -0.1) is 0 Å². The van der Waals surface area contributed by atoms with E-state index in [1.54, 1.807) is 0 Å². The maximum absolute atomic E-state index is 5.99. The fraction of sp³-hybridized carbons (Fsp3) is 1.00. The van der Waals surface area contributed by atoms with Crippen molar-refractivity contribution < 1.29 is 4.74 Å². The second-order valence-corrected chi connectivity index (χ2v) is 7.25. The van der Waals surface area contributed by atoms with Crippen LogP contribution in [0.2, 0.25) is 0 Å². The third-order valence-electron chi connectivity index (χ3n) is 4.87. The van der Waals surface area contributed by atoms with Crippen LogP contribution < -0.4 is 5.32 Å². The first kappa shape index (κ1) is 16.0. The molecule has 0 aliphatic heterocycles. The summed E-state index contributed by atoms with van der Waals surface area (Å²) in [5, 5.41) is 3.52. The van der Waals surface area contributed by atoms with Gasteiger partial charge in [0.2, 0.25) is 0 Å². The minimum atomic E-state index is 0.0686. The van der Waals surface area contributed by atoms with Gasteiger partial charge >= 0.3 is 0 Å². The normalized spacial score (nSPS) is 24.2. The molecule has 0 bridgehead atoms. The number of nitrogens with one attached hydrogen (secondary N) is 1. The van der Waals surface area contributed by atoms with Gasteiger partial charge < -0.3 is 10.1 Å². The SMILES string of the molecule is CNC(CCC(C)C)C1(OC)CCC(C)(C)CC1. The first-order valence-corrected chi connectivity index (χ1v) is 7.58. The number of hydrogen-bond acceptors (Lipinski definition) is 2. The molecule has 18 heavy (non-hydrogen) atoms. The molecule has 0 aromatic carbocycles. The van der Waals surface area contributed by atoms with Crippen LogP contribution in [0.1, 0.15) is 66.2 Å². The molecule has 2 nitrogen and oxygen atoms in total. The zero-order valence-corrected chi connectivity index (χ0v) is 13.3. The van der Waals surface area contributed by atoms with E-state index in [4.69, 9.17) is 4.74 Å². The maximum Gasteiger partial charge on any atom is 0.0831 e. The number of hydrogen-bond donors (Lipinski definition) is 1. The van der Waals surface area contributed by atoms with E-state index in [0.29, 0.717) is 11.5 Å². The summed E-state index contributed by atoms with van der Waals surface area (Å²) in [5.74, 6) is 0.773. The second kappa shape index (κ2) is 6.38. The van der Waals surface area contributed by atoms with E-state index in [9.17, 15) is 0 Å². The van der Waals surface area contributed by atoms with Crippen molar-refractivity contribution in [3.63, 3.8) is 0 Å². The van der Waals surface area contributed by atoms with E-state index in [0.717, 1.165) is 5.92 Å². The highest BCUT2D eigenvalue weighted by molar-refractivity contribution is 4.98. The lowest BCUT2D eigenvalue weighted by Crippen LogP contribution is -2.53. The van der Waals surface area contributed by atoms with E-state index in [1.165, 1.54) is 38.5 Å². The van der Waals surface area contributed by atoms with Crippen molar-refractivity contribution in [2.45, 2.75) is 77.9 Å². The van der Waals surface area contributed by atoms with Crippen LogP contribution >= 0.6 is 0 Å². The molecule has 108 valence electrons. The predicted octanol–water partition coefficient (Wildman–Crippen LogP) is 4.00. The van der Waals surface area contributed by atoms with E-state index in [1.807, 2.05) is 7.11 Å². The highest BCUT2D eigenvalue weighted by atomic mass is 16.5. The second-order valence-electron chi connectivity index (χ2n) is 7.25. The van der Waals surface area contributed by atoms with Gasteiger partial charge in [-0.05, 0) is 56.9 Å². The standard InChI is InChI=1S/C16H33NO/c1-13(2)7-8-14(17-5)16(18-6)11-9-15(3,4)10-12-16/h13-14,17H,7-12H2,1-6H3. The number of methoxy groups -OCH3 is 1. The molecule has 0 aromatic heterocycles. The van der Waals surface area contributed by atoms with Crippen molar-refractivity contribution in [3.05, 3.63) is 0 Å². The van der Waals surface area contributed by atoms with Crippen LogP contribution in [0.4, 0.5) is 0 Å². The molecule has 0 heterocycles. The molecule has 2 heteroatoms. The molecule has 1 saturated carbocycles. The average Bonchev–Trinajstić information content (AvgIpc) is 2.31. The molecule has 1 rings (SSSR count). The lowest BCUT2D eigenvalue weighted by atomic mass is 9.67. The molecule has 0 saturated heterocycles. The van der Waals surface area contributed by atoms with Crippen LogP contribution in [0.5, 0.6) is 0 Å². The van der Waals surface area contributed by atoms with E-state index < -0.39 is 0 Å². The van der Waals surface area contributed by atoms with Gasteiger partial charge in [-0.25, -0.2) is 0 Å². The van der Waals surface area contributed by atoms with E-state index >= 15 is 0 Å². The zero-order valence-electron chi connectivity index (χ0n) is 13.3. The van der Waals surface area contributed by atoms with Crippen LogP contribution in [0, 0.1) is 11.3 Å². The summed E-state index contributed by atoms with van der Waals surface area (Å²) < 4.78 is 5.99. The largest absolute Gasteiger partial charge is 0.377 e. The predicted molar refractivity (Wildman–Crippen MR) is 78.9 cm³/mol. The monoisotopic (exact) mass is 255 g/mol. The fourth-order valence-electron chi connectivity index (χ4n) is 3.22. The number of rotatable bonds is 6.